The van der Waals surface area contributed by atoms with Crippen LogP contribution in [0.5, 0.6) is 11.8 Å². The van der Waals surface area contributed by atoms with E-state index in [1.54, 1.807) is 13.2 Å². The molecule has 48 heavy (non-hydrogen) atoms. The average Bonchev–Trinajstić information content (AvgIpc) is 3.63. The van der Waals surface area contributed by atoms with Gasteiger partial charge >= 0.3 is 6.01 Å². The lowest BCUT2D eigenvalue weighted by molar-refractivity contribution is 0.0445. The molecule has 0 bridgehead atoms. The van der Waals surface area contributed by atoms with Gasteiger partial charge in [-0.2, -0.15) is 18.7 Å². The minimum atomic E-state index is -1.59. The number of aliphatic hydroxyl groups is 1. The van der Waals surface area contributed by atoms with Crippen LogP contribution in [-0.4, -0.2) is 84.3 Å². The predicted octanol–water partition coefficient (Wildman–Crippen LogP) is 6.00. The molecular weight excluding hydrogens is 623 g/mol. The van der Waals surface area contributed by atoms with Crippen molar-refractivity contribution < 1.29 is 32.5 Å². The third kappa shape index (κ3) is 6.18. The zero-order valence-electron chi connectivity index (χ0n) is 28.0. The van der Waals surface area contributed by atoms with Gasteiger partial charge in [0.2, 0.25) is 0 Å². The number of aromatic nitrogens is 2. The summed E-state index contributed by atoms with van der Waals surface area (Å²) in [5.74, 6) is 1.13. The van der Waals surface area contributed by atoms with Crippen LogP contribution in [0.1, 0.15) is 62.8 Å². The summed E-state index contributed by atoms with van der Waals surface area (Å²) < 4.78 is 59.9. The third-order valence-electron chi connectivity index (χ3n) is 10.6. The third-order valence-corrected chi connectivity index (χ3v) is 10.6. The summed E-state index contributed by atoms with van der Waals surface area (Å²) in [5, 5.41) is 12.7. The van der Waals surface area contributed by atoms with E-state index in [4.69, 9.17) is 24.2 Å². The minimum absolute atomic E-state index is 0.0840. The molecule has 5 heterocycles. The second-order valence-corrected chi connectivity index (χ2v) is 14.0. The van der Waals surface area contributed by atoms with Gasteiger partial charge < -0.3 is 29.1 Å². The van der Waals surface area contributed by atoms with Gasteiger partial charge in [-0.05, 0) is 81.5 Å². The Labute approximate surface area is 279 Å². The maximum absolute atomic E-state index is 15.2. The summed E-state index contributed by atoms with van der Waals surface area (Å²) in [4.78, 5) is 16.3. The van der Waals surface area contributed by atoms with Crippen LogP contribution in [0, 0.1) is 5.82 Å². The van der Waals surface area contributed by atoms with Gasteiger partial charge in [-0.25, -0.2) is 4.39 Å². The fourth-order valence-electron chi connectivity index (χ4n) is 8.26. The van der Waals surface area contributed by atoms with E-state index in [2.05, 4.69) is 14.7 Å². The first-order valence-electron chi connectivity index (χ1n) is 17.0. The van der Waals surface area contributed by atoms with Crippen molar-refractivity contribution in [2.45, 2.75) is 76.5 Å². The Kier molecular flexibility index (Phi) is 8.93. The number of benzene rings is 2. The van der Waals surface area contributed by atoms with Gasteiger partial charge in [0.15, 0.2) is 6.79 Å². The Morgan fingerprint density at radius 1 is 1.02 bits per heavy atom. The van der Waals surface area contributed by atoms with Crippen molar-refractivity contribution >= 4 is 22.3 Å². The Morgan fingerprint density at radius 2 is 1.85 bits per heavy atom. The molecular formula is C36H44F3N5O4. The molecule has 3 fully saturated rings. The number of nitrogens with zero attached hydrogens (tertiary/aromatic N) is 5. The monoisotopic (exact) mass is 667 g/mol. The molecule has 4 aliphatic heterocycles. The van der Waals surface area contributed by atoms with E-state index in [1.165, 1.54) is 6.07 Å². The van der Waals surface area contributed by atoms with Gasteiger partial charge in [0.25, 0.3) is 6.08 Å². The first-order chi connectivity index (χ1) is 23.1. The highest BCUT2D eigenvalue weighted by atomic mass is 19.3. The Bertz CT molecular complexity index is 1730. The molecule has 0 radical (unpaired) electrons. The van der Waals surface area contributed by atoms with Crippen molar-refractivity contribution in [3.8, 4) is 11.8 Å². The van der Waals surface area contributed by atoms with Gasteiger partial charge in [-0.3, -0.25) is 4.90 Å². The number of methoxy groups -OCH3 is 1. The molecule has 0 spiro atoms. The highest BCUT2D eigenvalue weighted by Gasteiger charge is 2.48. The van der Waals surface area contributed by atoms with Crippen molar-refractivity contribution in [1.29, 1.82) is 0 Å². The maximum Gasteiger partial charge on any atom is 0.318 e. The van der Waals surface area contributed by atoms with E-state index in [9.17, 15) is 13.9 Å². The molecule has 9 nitrogen and oxygen atoms in total. The second-order valence-electron chi connectivity index (χ2n) is 14.0. The Morgan fingerprint density at radius 3 is 2.62 bits per heavy atom. The number of anilines is 2. The Balaban J connectivity index is 1.26. The molecule has 258 valence electrons. The number of β-amino-alcohol motifs (C(OH)–C–C–N with tert-alkyl or cyclic N) is 1. The van der Waals surface area contributed by atoms with Gasteiger partial charge in [-0.1, -0.05) is 13.0 Å². The van der Waals surface area contributed by atoms with Crippen LogP contribution in [0.25, 0.3) is 10.8 Å². The molecule has 0 saturated carbocycles. The van der Waals surface area contributed by atoms with E-state index >= 15 is 4.39 Å². The predicted molar refractivity (Wildman–Crippen MR) is 178 cm³/mol. The summed E-state index contributed by atoms with van der Waals surface area (Å²) in [6.07, 6.45) is 3.08. The lowest BCUT2D eigenvalue weighted by Gasteiger charge is -2.40. The van der Waals surface area contributed by atoms with E-state index in [0.29, 0.717) is 50.2 Å². The zero-order chi connectivity index (χ0) is 33.6. The van der Waals surface area contributed by atoms with Crippen molar-refractivity contribution in [2.75, 3.05) is 63.0 Å². The first-order valence-corrected chi connectivity index (χ1v) is 17.0. The van der Waals surface area contributed by atoms with Gasteiger partial charge in [-0.15, -0.1) is 0 Å². The number of aryl methyl sites for hydroxylation is 1. The van der Waals surface area contributed by atoms with E-state index in [1.807, 2.05) is 26.0 Å². The molecule has 0 amide bonds. The number of hydrogen-bond donors (Lipinski definition) is 1. The molecule has 0 aliphatic carbocycles. The van der Waals surface area contributed by atoms with Crippen LogP contribution in [0.4, 0.5) is 24.7 Å². The number of halogens is 3. The summed E-state index contributed by atoms with van der Waals surface area (Å²) in [7, 11) is 1.57. The molecule has 3 saturated heterocycles. The lowest BCUT2D eigenvalue weighted by Crippen LogP contribution is -2.47. The standard InChI is InChI=1S/C36H44F3N5O4/c1-4-26-28(37)8-7-23-15-25(48-22-46-3)16-30(31(23)26)42-14-9-27-29(19-42)40-34(41-33(27)43-12-5-10-35(2,45)20-43)47-21-36-11-6-13-44(36)18-24(17-36)32(38)39/h7-8,15-16,45H,4-6,9-14,17-22H2,1-3H3. The van der Waals surface area contributed by atoms with E-state index in [-0.39, 0.29) is 43.8 Å². The maximum atomic E-state index is 15.2. The van der Waals surface area contributed by atoms with Gasteiger partial charge in [0, 0.05) is 61.6 Å². The van der Waals surface area contributed by atoms with Crippen molar-refractivity contribution in [2.24, 2.45) is 0 Å². The average molecular weight is 668 g/mol. The minimum Gasteiger partial charge on any atom is -0.467 e. The lowest BCUT2D eigenvalue weighted by atomic mass is 9.93. The first kappa shape index (κ1) is 32.9. The summed E-state index contributed by atoms with van der Waals surface area (Å²) in [6.45, 7) is 7.36. The van der Waals surface area contributed by atoms with Crippen molar-refractivity contribution in [3.05, 3.63) is 58.6 Å². The van der Waals surface area contributed by atoms with Crippen LogP contribution in [0.3, 0.4) is 0 Å². The fourth-order valence-corrected chi connectivity index (χ4v) is 8.26. The molecule has 1 aromatic heterocycles. The molecule has 12 heteroatoms. The molecule has 4 aliphatic rings. The second kappa shape index (κ2) is 13.0. The Hall–Kier alpha value is -3.61. The van der Waals surface area contributed by atoms with Crippen LogP contribution >= 0.6 is 0 Å². The smallest absolute Gasteiger partial charge is 0.318 e. The normalized spacial score (nSPS) is 24.3. The van der Waals surface area contributed by atoms with Gasteiger partial charge in [0.05, 0.1) is 23.4 Å². The molecule has 3 aromatic rings. The van der Waals surface area contributed by atoms with Gasteiger partial charge in [0.1, 0.15) is 24.0 Å². The summed E-state index contributed by atoms with van der Waals surface area (Å²) >= 11 is 0. The fraction of sp³-hybridized carbons (Fsp3) is 0.556. The zero-order valence-corrected chi connectivity index (χ0v) is 28.0. The van der Waals surface area contributed by atoms with Crippen LogP contribution in [-0.2, 0) is 24.1 Å². The van der Waals surface area contributed by atoms with Crippen molar-refractivity contribution in [1.82, 2.24) is 14.9 Å². The number of rotatable bonds is 9. The molecule has 2 unspecified atom stereocenters. The van der Waals surface area contributed by atoms with Crippen molar-refractivity contribution in [3.63, 3.8) is 0 Å². The van der Waals surface area contributed by atoms with Crippen LogP contribution in [0.15, 0.2) is 35.9 Å². The number of hydrogen-bond acceptors (Lipinski definition) is 9. The quantitative estimate of drug-likeness (QED) is 0.277. The summed E-state index contributed by atoms with van der Waals surface area (Å²) in [6, 6.07) is 7.34. The number of fused-ring (bicyclic) bond motifs is 3. The molecule has 1 N–H and O–H groups in total. The van der Waals surface area contributed by atoms with E-state index < -0.39 is 17.2 Å². The molecule has 2 aromatic carbocycles. The topological polar surface area (TPSA) is 83.4 Å². The van der Waals surface area contributed by atoms with E-state index in [0.717, 1.165) is 65.9 Å². The number of piperidine rings is 1. The molecule has 7 rings (SSSR count). The highest BCUT2D eigenvalue weighted by Crippen LogP contribution is 2.44. The highest BCUT2D eigenvalue weighted by molar-refractivity contribution is 5.98. The molecule has 2 atom stereocenters. The SMILES string of the molecule is CCc1c(F)ccc2cc(OCOC)cc(N3CCc4c(nc(OCC56CCCN5CC(=C(F)F)C6)nc4N4CCCC(C)(O)C4)C3)c12. The van der Waals surface area contributed by atoms with Crippen LogP contribution < -0.4 is 19.3 Å². The largest absolute Gasteiger partial charge is 0.467 e. The number of ether oxygens (including phenoxy) is 3. The van der Waals surface area contributed by atoms with Crippen LogP contribution in [0.2, 0.25) is 0 Å². The summed E-state index contributed by atoms with van der Waals surface area (Å²) in [5.41, 5.74) is 2.12.